The van der Waals surface area contributed by atoms with Gasteiger partial charge in [0.2, 0.25) is 0 Å². The minimum absolute atomic E-state index is 0.0934. The van der Waals surface area contributed by atoms with E-state index in [1.807, 2.05) is 0 Å². The number of carbonyl (C=O) groups excluding carboxylic acids is 2. The highest BCUT2D eigenvalue weighted by Crippen LogP contribution is 2.30. The van der Waals surface area contributed by atoms with E-state index in [4.69, 9.17) is 19.6 Å². The first-order chi connectivity index (χ1) is 14.8. The molecule has 2 aromatic carbocycles. The second kappa shape index (κ2) is 9.63. The van der Waals surface area contributed by atoms with Gasteiger partial charge in [-0.15, -0.1) is 0 Å². The fourth-order valence-electron chi connectivity index (χ4n) is 2.80. The number of halogens is 1. The van der Waals surface area contributed by atoms with Crippen molar-refractivity contribution in [2.75, 3.05) is 7.11 Å². The van der Waals surface area contributed by atoms with E-state index in [1.165, 1.54) is 31.4 Å². The van der Waals surface area contributed by atoms with Crippen LogP contribution in [0.1, 0.15) is 11.1 Å². The topological polar surface area (TPSA) is 138 Å². The van der Waals surface area contributed by atoms with Crippen LogP contribution in [-0.4, -0.2) is 30.4 Å². The Hall–Kier alpha value is -3.37. The summed E-state index contributed by atoms with van der Waals surface area (Å²) in [5, 5.41) is 10.2. The summed E-state index contributed by atoms with van der Waals surface area (Å²) in [4.78, 5) is 35.2. The van der Waals surface area contributed by atoms with Crippen LogP contribution < -0.4 is 16.1 Å². The SMILES string of the molecule is COC(=O)C(N)Cc1ccc(OC(=O)OCc2cc(=O)oc3cc(O)c(Br)cc23)cc1. The van der Waals surface area contributed by atoms with Gasteiger partial charge in [0.15, 0.2) is 0 Å². The van der Waals surface area contributed by atoms with Gasteiger partial charge in [-0.1, -0.05) is 12.1 Å². The minimum Gasteiger partial charge on any atom is -0.507 e. The number of fused-ring (bicyclic) bond motifs is 1. The number of esters is 1. The normalized spacial score (nSPS) is 11.7. The first-order valence-electron chi connectivity index (χ1n) is 8.99. The van der Waals surface area contributed by atoms with Gasteiger partial charge in [0, 0.05) is 23.1 Å². The number of benzene rings is 2. The lowest BCUT2D eigenvalue weighted by Gasteiger charge is -2.10. The Morgan fingerprint density at radius 1 is 1.19 bits per heavy atom. The van der Waals surface area contributed by atoms with E-state index in [0.29, 0.717) is 15.4 Å². The Balaban J connectivity index is 1.64. The Morgan fingerprint density at radius 3 is 2.58 bits per heavy atom. The minimum atomic E-state index is -0.974. The molecule has 1 heterocycles. The molecule has 0 radical (unpaired) electrons. The van der Waals surface area contributed by atoms with Gasteiger partial charge in [-0.3, -0.25) is 4.79 Å². The van der Waals surface area contributed by atoms with E-state index < -0.39 is 23.8 Å². The zero-order valence-electron chi connectivity index (χ0n) is 16.3. The molecule has 3 N–H and O–H groups in total. The average molecular weight is 492 g/mol. The van der Waals surface area contributed by atoms with Crippen molar-refractivity contribution in [3.63, 3.8) is 0 Å². The molecule has 1 aromatic heterocycles. The van der Waals surface area contributed by atoms with Crippen LogP contribution in [0.25, 0.3) is 11.0 Å². The summed E-state index contributed by atoms with van der Waals surface area (Å²) in [6.45, 7) is -0.246. The Labute approximate surface area is 184 Å². The van der Waals surface area contributed by atoms with Crippen molar-refractivity contribution in [1.82, 2.24) is 0 Å². The van der Waals surface area contributed by atoms with Gasteiger partial charge in [0.25, 0.3) is 0 Å². The number of phenolic OH excluding ortho intramolecular Hbond substituents is 1. The Bertz CT molecular complexity index is 1170. The molecule has 162 valence electrons. The molecule has 0 bridgehead atoms. The summed E-state index contributed by atoms with van der Waals surface area (Å²) in [7, 11) is 1.26. The molecule has 0 aliphatic rings. The third-order valence-electron chi connectivity index (χ3n) is 4.33. The molecule has 1 unspecified atom stereocenters. The highest BCUT2D eigenvalue weighted by molar-refractivity contribution is 9.10. The number of nitrogens with two attached hydrogens (primary N) is 1. The largest absolute Gasteiger partial charge is 0.514 e. The number of hydrogen-bond donors (Lipinski definition) is 2. The number of methoxy groups -OCH3 is 1. The van der Waals surface area contributed by atoms with Gasteiger partial charge in [-0.2, -0.15) is 0 Å². The van der Waals surface area contributed by atoms with E-state index >= 15 is 0 Å². The summed E-state index contributed by atoms with van der Waals surface area (Å²) in [5.41, 5.74) is 6.36. The van der Waals surface area contributed by atoms with Gasteiger partial charge in [0.1, 0.15) is 29.7 Å². The standard InChI is InChI=1S/C21H18BrNO8/c1-28-20(26)16(23)6-11-2-4-13(5-3-11)30-21(27)29-10-12-7-19(25)31-18-9-17(24)15(22)8-14(12)18/h2-5,7-9,16,24H,6,10,23H2,1H3. The molecule has 0 fully saturated rings. The maximum atomic E-state index is 12.0. The number of ether oxygens (including phenoxy) is 3. The maximum absolute atomic E-state index is 12.0. The molecule has 0 saturated carbocycles. The van der Waals surface area contributed by atoms with Crippen LogP contribution in [0.4, 0.5) is 4.79 Å². The fourth-order valence-corrected chi connectivity index (χ4v) is 3.14. The van der Waals surface area contributed by atoms with Crippen molar-refractivity contribution in [1.29, 1.82) is 0 Å². The van der Waals surface area contributed by atoms with Gasteiger partial charge in [-0.25, -0.2) is 9.59 Å². The monoisotopic (exact) mass is 491 g/mol. The third-order valence-corrected chi connectivity index (χ3v) is 4.96. The number of carbonyl (C=O) groups is 2. The zero-order valence-corrected chi connectivity index (χ0v) is 17.9. The first-order valence-corrected chi connectivity index (χ1v) is 9.78. The van der Waals surface area contributed by atoms with Crippen molar-refractivity contribution >= 4 is 39.0 Å². The number of aromatic hydroxyl groups is 1. The lowest BCUT2D eigenvalue weighted by Crippen LogP contribution is -2.33. The lowest BCUT2D eigenvalue weighted by atomic mass is 10.1. The predicted octanol–water partition coefficient (Wildman–Crippen LogP) is 3.02. The molecular formula is C21H18BrNO8. The molecule has 3 rings (SSSR count). The number of phenols is 1. The van der Waals surface area contributed by atoms with E-state index in [-0.39, 0.29) is 30.1 Å². The number of rotatable bonds is 6. The van der Waals surface area contributed by atoms with Crippen LogP contribution >= 0.6 is 15.9 Å². The van der Waals surface area contributed by atoms with Crippen molar-refractivity contribution in [3.8, 4) is 11.5 Å². The van der Waals surface area contributed by atoms with E-state index in [2.05, 4.69) is 20.7 Å². The van der Waals surface area contributed by atoms with Crippen LogP contribution in [0.2, 0.25) is 0 Å². The summed E-state index contributed by atoms with van der Waals surface area (Å²) in [6, 6.07) is 9.63. The quantitative estimate of drug-likeness (QED) is 0.302. The Kier molecular flexibility index (Phi) is 6.93. The second-order valence-corrected chi connectivity index (χ2v) is 7.36. The summed E-state index contributed by atoms with van der Waals surface area (Å²) in [5.74, 6) is -0.386. The van der Waals surface area contributed by atoms with Gasteiger partial charge < -0.3 is 29.5 Å². The molecule has 0 amide bonds. The predicted molar refractivity (Wildman–Crippen MR) is 113 cm³/mol. The van der Waals surface area contributed by atoms with Crippen LogP contribution in [0.15, 0.2) is 56.1 Å². The van der Waals surface area contributed by atoms with Crippen LogP contribution in [0.3, 0.4) is 0 Å². The third kappa shape index (κ3) is 5.62. The summed E-state index contributed by atoms with van der Waals surface area (Å²) < 4.78 is 20.2. The van der Waals surface area contributed by atoms with Crippen LogP contribution in [0, 0.1) is 0 Å². The van der Waals surface area contributed by atoms with Gasteiger partial charge in [-0.05, 0) is 46.1 Å². The van der Waals surface area contributed by atoms with Gasteiger partial charge >= 0.3 is 17.8 Å². The molecule has 0 saturated heterocycles. The average Bonchev–Trinajstić information content (AvgIpc) is 2.74. The fraction of sp³-hybridized carbons (Fsp3) is 0.190. The summed E-state index contributed by atoms with van der Waals surface area (Å²) >= 11 is 3.19. The molecule has 0 aliphatic carbocycles. The van der Waals surface area contributed by atoms with E-state index in [9.17, 15) is 19.5 Å². The van der Waals surface area contributed by atoms with Crippen LogP contribution in [0.5, 0.6) is 11.5 Å². The molecular weight excluding hydrogens is 474 g/mol. The highest BCUT2D eigenvalue weighted by Gasteiger charge is 2.15. The molecule has 0 spiro atoms. The van der Waals surface area contributed by atoms with Crippen molar-refractivity contribution in [2.45, 2.75) is 19.1 Å². The molecule has 3 aromatic rings. The van der Waals surface area contributed by atoms with E-state index in [0.717, 1.165) is 5.56 Å². The van der Waals surface area contributed by atoms with Crippen molar-refractivity contribution in [3.05, 3.63) is 68.5 Å². The van der Waals surface area contributed by atoms with Gasteiger partial charge in [0.05, 0.1) is 11.6 Å². The molecule has 1 atom stereocenters. The van der Waals surface area contributed by atoms with E-state index in [1.54, 1.807) is 18.2 Å². The van der Waals surface area contributed by atoms with Crippen molar-refractivity contribution < 1.29 is 33.3 Å². The lowest BCUT2D eigenvalue weighted by molar-refractivity contribution is -0.142. The molecule has 9 nitrogen and oxygen atoms in total. The number of hydrogen-bond acceptors (Lipinski definition) is 9. The second-order valence-electron chi connectivity index (χ2n) is 6.51. The molecule has 0 aliphatic heterocycles. The zero-order chi connectivity index (χ0) is 22.5. The first kappa shape index (κ1) is 22.3. The maximum Gasteiger partial charge on any atom is 0.514 e. The molecule has 10 heteroatoms. The van der Waals surface area contributed by atoms with Crippen LogP contribution in [-0.2, 0) is 27.3 Å². The summed E-state index contributed by atoms with van der Waals surface area (Å²) in [6.07, 6.45) is -0.704. The van der Waals surface area contributed by atoms with Crippen molar-refractivity contribution in [2.24, 2.45) is 5.73 Å². The highest BCUT2D eigenvalue weighted by atomic mass is 79.9. The smallest absolute Gasteiger partial charge is 0.507 e. The molecule has 31 heavy (non-hydrogen) atoms. The Morgan fingerprint density at radius 2 is 1.90 bits per heavy atom.